The first kappa shape index (κ1) is 25.1. The van der Waals surface area contributed by atoms with Crippen molar-refractivity contribution in [3.63, 3.8) is 0 Å². The van der Waals surface area contributed by atoms with Gasteiger partial charge >= 0.3 is 6.18 Å². The molecule has 0 spiro atoms. The van der Waals surface area contributed by atoms with Crippen LogP contribution < -0.4 is 4.72 Å². The minimum atomic E-state index is -4.78. The van der Waals surface area contributed by atoms with Crippen molar-refractivity contribution >= 4 is 21.1 Å². The molecule has 0 aliphatic carbocycles. The van der Waals surface area contributed by atoms with Crippen molar-refractivity contribution in [1.29, 1.82) is 5.26 Å². The smallest absolute Gasteiger partial charge is 0.259 e. The molecule has 1 N–H and O–H groups in total. The van der Waals surface area contributed by atoms with Gasteiger partial charge in [0.05, 0.1) is 29.3 Å². The number of pyridine rings is 2. The molecule has 0 fully saturated rings. The molecule has 0 bridgehead atoms. The first-order valence-electron chi connectivity index (χ1n) is 10.4. The van der Waals surface area contributed by atoms with Crippen LogP contribution in [0.5, 0.6) is 0 Å². The van der Waals surface area contributed by atoms with Crippen molar-refractivity contribution in [3.05, 3.63) is 59.9 Å². The lowest BCUT2D eigenvalue weighted by Crippen LogP contribution is -2.42. The van der Waals surface area contributed by atoms with E-state index in [1.165, 1.54) is 10.6 Å². The molecule has 0 amide bonds. The van der Waals surface area contributed by atoms with Crippen molar-refractivity contribution in [1.82, 2.24) is 29.2 Å². The quantitative estimate of drug-likeness (QED) is 0.385. The number of nitrogens with zero attached hydrogens (tertiary/aromatic N) is 6. The van der Waals surface area contributed by atoms with Crippen LogP contribution in [0.25, 0.3) is 28.4 Å². The van der Waals surface area contributed by atoms with Crippen LogP contribution in [0.3, 0.4) is 0 Å². The summed E-state index contributed by atoms with van der Waals surface area (Å²) in [6.45, 7) is 2.58. The monoisotopic (exact) mass is 519 g/mol. The molecule has 4 heterocycles. The summed E-state index contributed by atoms with van der Waals surface area (Å²) in [6, 6.07) is 3.83. The second-order valence-electron chi connectivity index (χ2n) is 7.70. The number of rotatable bonds is 6. The van der Waals surface area contributed by atoms with E-state index in [0.29, 0.717) is 18.7 Å². The average Bonchev–Trinajstić information content (AvgIpc) is 3.17. The van der Waals surface area contributed by atoms with Gasteiger partial charge in [0.1, 0.15) is 22.7 Å². The van der Waals surface area contributed by atoms with E-state index >= 15 is 0 Å². The number of hydrogen-bond donors (Lipinski definition) is 1. The molecule has 1 atom stereocenters. The fourth-order valence-corrected chi connectivity index (χ4v) is 4.59. The fourth-order valence-electron chi connectivity index (χ4n) is 3.42. The first-order valence-corrected chi connectivity index (χ1v) is 11.9. The maximum Gasteiger partial charge on any atom is 0.404 e. The summed E-state index contributed by atoms with van der Waals surface area (Å²) < 4.78 is 79.8. The predicted octanol–water partition coefficient (Wildman–Crippen LogP) is 3.68. The molecule has 9 nitrogen and oxygen atoms in total. The Bertz CT molecular complexity index is 1580. The highest BCUT2D eigenvalue weighted by atomic mass is 32.2. The molecule has 0 saturated carbocycles. The third kappa shape index (κ3) is 4.62. The molecule has 0 aliphatic rings. The number of aromatic nitrogens is 5. The number of fused-ring (bicyclic) bond motifs is 1. The van der Waals surface area contributed by atoms with Gasteiger partial charge in [-0.1, -0.05) is 6.92 Å². The largest absolute Gasteiger partial charge is 0.404 e. The molecular formula is C22H17F4N7O2S. The Morgan fingerprint density at radius 3 is 2.36 bits per heavy atom. The standard InChI is InChI=1S/C22H17F4N7O2S/c1-3-13-6-16-17(7-27)19(33(20(16)29-8-13)21-30-9-14(23)10-31-21)18-5-4-15(11-28-18)36(34,35)32-12(2)22(24,25)26/h4-6,8-12,32H,3H2,1-2H3/t12-/m0/s1. The summed E-state index contributed by atoms with van der Waals surface area (Å²) in [5, 5.41) is 10.4. The van der Waals surface area contributed by atoms with Crippen LogP contribution in [0.15, 0.2) is 47.9 Å². The van der Waals surface area contributed by atoms with Gasteiger partial charge in [-0.05, 0) is 37.1 Å². The summed E-state index contributed by atoms with van der Waals surface area (Å²) >= 11 is 0. The van der Waals surface area contributed by atoms with Crippen LogP contribution in [-0.4, -0.2) is 45.1 Å². The number of halogens is 4. The molecule has 0 aliphatic heterocycles. The zero-order valence-electron chi connectivity index (χ0n) is 18.7. The van der Waals surface area contributed by atoms with Gasteiger partial charge in [0.15, 0.2) is 5.82 Å². The number of nitriles is 1. The molecule has 0 saturated heterocycles. The number of alkyl halides is 3. The highest BCUT2D eigenvalue weighted by molar-refractivity contribution is 7.89. The predicted molar refractivity (Wildman–Crippen MR) is 120 cm³/mol. The lowest BCUT2D eigenvalue weighted by molar-refractivity contribution is -0.147. The minimum absolute atomic E-state index is 0.0196. The maximum atomic E-state index is 13.5. The van der Waals surface area contributed by atoms with Gasteiger partial charge in [0.2, 0.25) is 16.0 Å². The van der Waals surface area contributed by atoms with E-state index in [1.54, 1.807) is 17.0 Å². The number of sulfonamides is 1. The van der Waals surface area contributed by atoms with Gasteiger partial charge in [0.25, 0.3) is 0 Å². The van der Waals surface area contributed by atoms with Crippen LogP contribution in [0.1, 0.15) is 25.0 Å². The zero-order chi connectivity index (χ0) is 26.3. The van der Waals surface area contributed by atoms with Gasteiger partial charge in [-0.3, -0.25) is 9.55 Å². The topological polar surface area (TPSA) is 126 Å². The Hall–Kier alpha value is -3.96. The third-order valence-electron chi connectivity index (χ3n) is 5.30. The van der Waals surface area contributed by atoms with Crippen molar-refractivity contribution in [2.24, 2.45) is 0 Å². The van der Waals surface area contributed by atoms with E-state index in [9.17, 15) is 31.2 Å². The maximum absolute atomic E-state index is 13.5. The number of aryl methyl sites for hydroxylation is 1. The Kier molecular flexibility index (Phi) is 6.46. The molecule has 0 aromatic carbocycles. The second-order valence-corrected chi connectivity index (χ2v) is 9.42. The summed E-state index contributed by atoms with van der Waals surface area (Å²) in [7, 11) is -4.54. The molecule has 4 aromatic rings. The Morgan fingerprint density at radius 2 is 1.81 bits per heavy atom. The molecule has 0 radical (unpaired) electrons. The summed E-state index contributed by atoms with van der Waals surface area (Å²) in [5.74, 6) is -0.708. The van der Waals surface area contributed by atoms with Crippen LogP contribution in [0, 0.1) is 17.1 Å². The van der Waals surface area contributed by atoms with E-state index in [-0.39, 0.29) is 28.5 Å². The SMILES string of the molecule is CCc1cnc2c(c1)c(C#N)c(-c1ccc(S(=O)(=O)N[C@@H](C)C(F)(F)F)cn1)n2-c1ncc(F)cn1. The normalized spacial score (nSPS) is 13.0. The summed E-state index contributed by atoms with van der Waals surface area (Å²) in [4.78, 5) is 16.0. The van der Waals surface area contributed by atoms with Crippen LogP contribution >= 0.6 is 0 Å². The third-order valence-corrected chi connectivity index (χ3v) is 6.83. The molecule has 4 aromatic heterocycles. The molecule has 4 rings (SSSR count). The van der Waals surface area contributed by atoms with Crippen molar-refractivity contribution in [3.8, 4) is 23.4 Å². The Balaban J connectivity index is 1.89. The Labute approximate surface area is 202 Å². The zero-order valence-corrected chi connectivity index (χ0v) is 19.6. The molecular weight excluding hydrogens is 502 g/mol. The van der Waals surface area contributed by atoms with Crippen molar-refractivity contribution < 1.29 is 26.0 Å². The lowest BCUT2D eigenvalue weighted by Gasteiger charge is -2.17. The van der Waals surface area contributed by atoms with Gasteiger partial charge in [-0.25, -0.2) is 27.8 Å². The molecule has 186 valence electrons. The second kappa shape index (κ2) is 9.25. The van der Waals surface area contributed by atoms with Gasteiger partial charge in [-0.2, -0.15) is 23.2 Å². The van der Waals surface area contributed by atoms with Gasteiger partial charge < -0.3 is 0 Å². The molecule has 14 heteroatoms. The van der Waals surface area contributed by atoms with E-state index in [4.69, 9.17) is 0 Å². The van der Waals surface area contributed by atoms with Crippen LogP contribution in [0.2, 0.25) is 0 Å². The van der Waals surface area contributed by atoms with Gasteiger partial charge in [0, 0.05) is 17.8 Å². The van der Waals surface area contributed by atoms with E-state index in [0.717, 1.165) is 30.2 Å². The van der Waals surface area contributed by atoms with Gasteiger partial charge in [-0.15, -0.1) is 0 Å². The van der Waals surface area contributed by atoms with Crippen LogP contribution in [0.4, 0.5) is 17.6 Å². The average molecular weight is 519 g/mol. The number of nitrogens with one attached hydrogen (secondary N) is 1. The van der Waals surface area contributed by atoms with Crippen molar-refractivity contribution in [2.45, 2.75) is 37.4 Å². The fraction of sp³-hybridized carbons (Fsp3) is 0.227. The Morgan fingerprint density at radius 1 is 1.11 bits per heavy atom. The van der Waals surface area contributed by atoms with E-state index in [1.807, 2.05) is 6.92 Å². The highest BCUT2D eigenvalue weighted by Gasteiger charge is 2.39. The molecule has 36 heavy (non-hydrogen) atoms. The van der Waals surface area contributed by atoms with E-state index < -0.39 is 33.0 Å². The van der Waals surface area contributed by atoms with E-state index in [2.05, 4.69) is 26.0 Å². The van der Waals surface area contributed by atoms with Crippen molar-refractivity contribution in [2.75, 3.05) is 0 Å². The lowest BCUT2D eigenvalue weighted by atomic mass is 10.1. The summed E-state index contributed by atoms with van der Waals surface area (Å²) in [5.41, 5.74) is 1.50. The minimum Gasteiger partial charge on any atom is -0.259 e. The number of hydrogen-bond acceptors (Lipinski definition) is 7. The highest BCUT2D eigenvalue weighted by Crippen LogP contribution is 2.34. The first-order chi connectivity index (χ1) is 17.0. The van der Waals surface area contributed by atoms with Crippen LogP contribution in [-0.2, 0) is 16.4 Å². The molecule has 0 unspecified atom stereocenters. The summed E-state index contributed by atoms with van der Waals surface area (Å²) in [6.07, 6.45) is 0.199.